The lowest BCUT2D eigenvalue weighted by Gasteiger charge is -2.10. The minimum absolute atomic E-state index is 0.163. The number of nitrogens with one attached hydrogen (secondary N) is 1. The number of rotatable bonds is 3. The smallest absolute Gasteiger partial charge is 0.165 e. The van der Waals surface area contributed by atoms with Crippen LogP contribution in [0, 0.1) is 24.1 Å². The summed E-state index contributed by atoms with van der Waals surface area (Å²) in [6.45, 7) is 1.92. The van der Waals surface area contributed by atoms with Crippen molar-refractivity contribution in [3.63, 3.8) is 0 Å². The van der Waals surface area contributed by atoms with Gasteiger partial charge in [0, 0.05) is 11.8 Å². The maximum atomic E-state index is 13.3. The fraction of sp³-hybridized carbons (Fsp3) is 0.133. The zero-order valence-corrected chi connectivity index (χ0v) is 10.7. The number of aryl methyl sites for hydroxylation is 1. The molecule has 3 nitrogen and oxygen atoms in total. The van der Waals surface area contributed by atoms with Crippen LogP contribution in [0.4, 0.5) is 15.8 Å². The summed E-state index contributed by atoms with van der Waals surface area (Å²) < 4.78 is 18.2. The van der Waals surface area contributed by atoms with Gasteiger partial charge in [-0.25, -0.2) is 4.39 Å². The van der Waals surface area contributed by atoms with Crippen molar-refractivity contribution in [2.45, 2.75) is 6.92 Å². The van der Waals surface area contributed by atoms with Crippen molar-refractivity contribution in [3.05, 3.63) is 53.3 Å². The fourth-order valence-corrected chi connectivity index (χ4v) is 1.75. The van der Waals surface area contributed by atoms with Crippen LogP contribution >= 0.6 is 0 Å². The van der Waals surface area contributed by atoms with Gasteiger partial charge in [0.15, 0.2) is 11.6 Å². The van der Waals surface area contributed by atoms with Crippen molar-refractivity contribution in [2.24, 2.45) is 0 Å². The van der Waals surface area contributed by atoms with E-state index in [4.69, 9.17) is 10.00 Å². The Morgan fingerprint density at radius 3 is 2.68 bits per heavy atom. The summed E-state index contributed by atoms with van der Waals surface area (Å²) in [5.74, 6) is -0.256. The number of methoxy groups -OCH3 is 1. The molecule has 2 aromatic carbocycles. The molecule has 0 saturated heterocycles. The maximum absolute atomic E-state index is 13.3. The second kappa shape index (κ2) is 5.40. The van der Waals surface area contributed by atoms with Crippen LogP contribution in [0.25, 0.3) is 0 Å². The SMILES string of the molecule is COc1cc(Nc2ccc(C)cc2C#N)ccc1F. The molecule has 1 N–H and O–H groups in total. The van der Waals surface area contributed by atoms with Crippen molar-refractivity contribution in [1.82, 2.24) is 0 Å². The lowest BCUT2D eigenvalue weighted by molar-refractivity contribution is 0.387. The number of anilines is 2. The maximum Gasteiger partial charge on any atom is 0.165 e. The Morgan fingerprint density at radius 2 is 2.00 bits per heavy atom. The second-order valence-electron chi connectivity index (χ2n) is 4.14. The van der Waals surface area contributed by atoms with Gasteiger partial charge in [0.1, 0.15) is 6.07 Å². The van der Waals surface area contributed by atoms with Gasteiger partial charge in [0.2, 0.25) is 0 Å². The van der Waals surface area contributed by atoms with Crippen LogP contribution in [0.5, 0.6) is 5.75 Å². The fourth-order valence-electron chi connectivity index (χ4n) is 1.75. The molecule has 2 aromatic rings. The largest absolute Gasteiger partial charge is 0.494 e. The molecule has 0 radical (unpaired) electrons. The zero-order valence-electron chi connectivity index (χ0n) is 10.7. The van der Waals surface area contributed by atoms with Gasteiger partial charge in [-0.15, -0.1) is 0 Å². The third kappa shape index (κ3) is 2.83. The van der Waals surface area contributed by atoms with Crippen LogP contribution in [0.15, 0.2) is 36.4 Å². The van der Waals surface area contributed by atoms with Gasteiger partial charge in [-0.3, -0.25) is 0 Å². The van der Waals surface area contributed by atoms with E-state index in [1.165, 1.54) is 13.2 Å². The summed E-state index contributed by atoms with van der Waals surface area (Å²) in [7, 11) is 1.41. The van der Waals surface area contributed by atoms with E-state index in [1.807, 2.05) is 19.1 Å². The molecular weight excluding hydrogens is 243 g/mol. The Hall–Kier alpha value is -2.54. The van der Waals surface area contributed by atoms with E-state index < -0.39 is 5.82 Å². The van der Waals surface area contributed by atoms with E-state index in [0.29, 0.717) is 16.9 Å². The van der Waals surface area contributed by atoms with Crippen LogP contribution in [0.1, 0.15) is 11.1 Å². The average molecular weight is 256 g/mol. The summed E-state index contributed by atoms with van der Waals surface area (Å²) in [6, 6.07) is 12.1. The van der Waals surface area contributed by atoms with Crippen LogP contribution < -0.4 is 10.1 Å². The number of halogens is 1. The van der Waals surface area contributed by atoms with Crippen molar-refractivity contribution >= 4 is 11.4 Å². The minimum atomic E-state index is -0.419. The first-order chi connectivity index (χ1) is 9.13. The van der Waals surface area contributed by atoms with Crippen molar-refractivity contribution in [2.75, 3.05) is 12.4 Å². The highest BCUT2D eigenvalue weighted by atomic mass is 19.1. The van der Waals surface area contributed by atoms with Crippen molar-refractivity contribution < 1.29 is 9.13 Å². The van der Waals surface area contributed by atoms with E-state index in [9.17, 15) is 4.39 Å². The molecule has 0 heterocycles. The van der Waals surface area contributed by atoms with Crippen LogP contribution in [-0.2, 0) is 0 Å². The molecule has 0 aliphatic rings. The average Bonchev–Trinajstić information content (AvgIpc) is 2.42. The first-order valence-corrected chi connectivity index (χ1v) is 5.75. The molecule has 0 fully saturated rings. The van der Waals surface area contributed by atoms with E-state index in [-0.39, 0.29) is 5.75 Å². The van der Waals surface area contributed by atoms with E-state index in [0.717, 1.165) is 5.56 Å². The third-order valence-electron chi connectivity index (χ3n) is 2.73. The Bertz CT molecular complexity index is 647. The van der Waals surface area contributed by atoms with Crippen molar-refractivity contribution in [3.8, 4) is 11.8 Å². The molecule has 0 aliphatic carbocycles. The predicted molar refractivity (Wildman–Crippen MR) is 72.1 cm³/mol. The number of hydrogen-bond donors (Lipinski definition) is 1. The number of nitriles is 1. The third-order valence-corrected chi connectivity index (χ3v) is 2.73. The Balaban J connectivity index is 2.34. The molecule has 0 aliphatic heterocycles. The van der Waals surface area contributed by atoms with Gasteiger partial charge in [-0.2, -0.15) is 5.26 Å². The molecule has 4 heteroatoms. The highest BCUT2D eigenvalue weighted by Crippen LogP contribution is 2.26. The normalized spacial score (nSPS) is 9.79. The molecule has 0 unspecified atom stereocenters. The lowest BCUT2D eigenvalue weighted by atomic mass is 10.1. The standard InChI is InChI=1S/C15H13FN2O/c1-10-3-6-14(11(7-10)9-17)18-12-4-5-13(16)15(8-12)19-2/h3-8,18H,1-2H3. The highest BCUT2D eigenvalue weighted by Gasteiger charge is 2.06. The van der Waals surface area contributed by atoms with Crippen molar-refractivity contribution in [1.29, 1.82) is 5.26 Å². The van der Waals surface area contributed by atoms with E-state index in [1.54, 1.807) is 18.2 Å². The van der Waals surface area contributed by atoms with Crippen LogP contribution in [0.3, 0.4) is 0 Å². The zero-order chi connectivity index (χ0) is 13.8. The first-order valence-electron chi connectivity index (χ1n) is 5.75. The molecule has 2 rings (SSSR count). The predicted octanol–water partition coefficient (Wildman–Crippen LogP) is 3.76. The van der Waals surface area contributed by atoms with Gasteiger partial charge >= 0.3 is 0 Å². The Kier molecular flexibility index (Phi) is 3.67. The summed E-state index contributed by atoms with van der Waals surface area (Å²) in [5.41, 5.74) is 2.91. The summed E-state index contributed by atoms with van der Waals surface area (Å²) >= 11 is 0. The molecule has 96 valence electrons. The van der Waals surface area contributed by atoms with E-state index in [2.05, 4.69) is 11.4 Å². The number of benzene rings is 2. The first kappa shape index (κ1) is 12.9. The molecule has 0 aromatic heterocycles. The number of hydrogen-bond acceptors (Lipinski definition) is 3. The topological polar surface area (TPSA) is 45.0 Å². The molecule has 0 amide bonds. The molecule has 0 bridgehead atoms. The van der Waals surface area contributed by atoms with Gasteiger partial charge < -0.3 is 10.1 Å². The number of nitrogens with zero attached hydrogens (tertiary/aromatic N) is 1. The van der Waals surface area contributed by atoms with Crippen LogP contribution in [0.2, 0.25) is 0 Å². The monoisotopic (exact) mass is 256 g/mol. The molecule has 0 atom stereocenters. The number of ether oxygens (including phenoxy) is 1. The molecular formula is C15H13FN2O. The minimum Gasteiger partial charge on any atom is -0.494 e. The van der Waals surface area contributed by atoms with E-state index >= 15 is 0 Å². The lowest BCUT2D eigenvalue weighted by Crippen LogP contribution is -1.96. The summed E-state index contributed by atoms with van der Waals surface area (Å²) in [5, 5.41) is 12.2. The Morgan fingerprint density at radius 1 is 1.21 bits per heavy atom. The Labute approximate surface area is 111 Å². The molecule has 0 spiro atoms. The molecule has 19 heavy (non-hydrogen) atoms. The molecule has 0 saturated carbocycles. The highest BCUT2D eigenvalue weighted by molar-refractivity contribution is 5.67. The van der Waals surface area contributed by atoms with Gasteiger partial charge in [0.05, 0.1) is 18.4 Å². The van der Waals surface area contributed by atoms with Gasteiger partial charge in [-0.1, -0.05) is 6.07 Å². The summed E-state index contributed by atoms with van der Waals surface area (Å²) in [4.78, 5) is 0. The van der Waals surface area contributed by atoms with Gasteiger partial charge in [0.25, 0.3) is 0 Å². The summed E-state index contributed by atoms with van der Waals surface area (Å²) in [6.07, 6.45) is 0. The van der Waals surface area contributed by atoms with Crippen LogP contribution in [-0.4, -0.2) is 7.11 Å². The quantitative estimate of drug-likeness (QED) is 0.909. The van der Waals surface area contributed by atoms with Gasteiger partial charge in [-0.05, 0) is 36.8 Å². The second-order valence-corrected chi connectivity index (χ2v) is 4.14.